The van der Waals surface area contributed by atoms with Gasteiger partial charge in [0.2, 0.25) is 0 Å². The molecule has 2 heterocycles. The Balaban J connectivity index is 0.00000280. The van der Waals surface area contributed by atoms with E-state index < -0.39 is 0 Å². The number of benzene rings is 1. The standard InChI is InChI=1S/C20H27FN4O2.ClH/c1-3-18-17(12-24-25(18)16-6-4-15(21)5-7-16)19(26)23-13-20(14-27-2)8-10-22-11-9-20;/h4-7,12,22H,3,8-11,13-14H2,1-2H3,(H,23,26);1H. The number of hydrogen-bond acceptors (Lipinski definition) is 4. The van der Waals surface area contributed by atoms with Gasteiger partial charge >= 0.3 is 0 Å². The second-order valence-corrected chi connectivity index (χ2v) is 7.11. The summed E-state index contributed by atoms with van der Waals surface area (Å²) in [6.45, 7) is 5.05. The average molecular weight is 411 g/mol. The van der Waals surface area contributed by atoms with Gasteiger partial charge in [0.25, 0.3) is 5.91 Å². The van der Waals surface area contributed by atoms with Gasteiger partial charge < -0.3 is 15.4 Å². The lowest BCUT2D eigenvalue weighted by Gasteiger charge is -2.37. The zero-order valence-electron chi connectivity index (χ0n) is 16.3. The number of hydrogen-bond donors (Lipinski definition) is 2. The third-order valence-electron chi connectivity index (χ3n) is 5.26. The predicted octanol–water partition coefficient (Wildman–Crippen LogP) is 2.74. The molecule has 2 N–H and O–H groups in total. The fourth-order valence-electron chi connectivity index (χ4n) is 3.71. The molecular weight excluding hydrogens is 383 g/mol. The van der Waals surface area contributed by atoms with Crippen LogP contribution in [-0.2, 0) is 11.2 Å². The number of ether oxygens (including phenoxy) is 1. The maximum absolute atomic E-state index is 13.2. The van der Waals surface area contributed by atoms with E-state index in [9.17, 15) is 9.18 Å². The van der Waals surface area contributed by atoms with Gasteiger partial charge in [-0.05, 0) is 56.6 Å². The molecule has 0 unspecified atom stereocenters. The SMILES string of the molecule is CCc1c(C(=O)NCC2(COC)CCNCC2)cnn1-c1ccc(F)cc1.Cl. The zero-order valence-corrected chi connectivity index (χ0v) is 17.2. The van der Waals surface area contributed by atoms with Gasteiger partial charge in [-0.15, -0.1) is 12.4 Å². The number of carbonyl (C=O) groups is 1. The smallest absolute Gasteiger partial charge is 0.254 e. The summed E-state index contributed by atoms with van der Waals surface area (Å²) in [6.07, 6.45) is 4.17. The average Bonchev–Trinajstić information content (AvgIpc) is 3.12. The Hall–Kier alpha value is -1.96. The van der Waals surface area contributed by atoms with Crippen LogP contribution in [0.2, 0.25) is 0 Å². The molecule has 28 heavy (non-hydrogen) atoms. The van der Waals surface area contributed by atoms with Crippen molar-refractivity contribution in [2.24, 2.45) is 5.41 Å². The van der Waals surface area contributed by atoms with Crippen LogP contribution in [-0.4, -0.2) is 49.0 Å². The molecule has 1 amide bonds. The van der Waals surface area contributed by atoms with Crippen molar-refractivity contribution in [1.82, 2.24) is 20.4 Å². The molecule has 1 saturated heterocycles. The number of carbonyl (C=O) groups excluding carboxylic acids is 1. The van der Waals surface area contributed by atoms with Crippen LogP contribution in [0.25, 0.3) is 5.69 Å². The molecule has 1 aromatic heterocycles. The third kappa shape index (κ3) is 4.90. The third-order valence-corrected chi connectivity index (χ3v) is 5.26. The molecule has 0 radical (unpaired) electrons. The molecule has 0 saturated carbocycles. The minimum Gasteiger partial charge on any atom is -0.384 e. The van der Waals surface area contributed by atoms with Crippen LogP contribution in [0.15, 0.2) is 30.5 Å². The highest BCUT2D eigenvalue weighted by atomic mass is 35.5. The summed E-state index contributed by atoms with van der Waals surface area (Å²) in [7, 11) is 1.70. The molecule has 1 fully saturated rings. The van der Waals surface area contributed by atoms with Crippen LogP contribution in [0.3, 0.4) is 0 Å². The summed E-state index contributed by atoms with van der Waals surface area (Å²) < 4.78 is 20.3. The van der Waals surface area contributed by atoms with E-state index >= 15 is 0 Å². The molecule has 1 aliphatic rings. The van der Waals surface area contributed by atoms with Crippen molar-refractivity contribution in [3.05, 3.63) is 47.5 Å². The van der Waals surface area contributed by atoms with Crippen molar-refractivity contribution in [2.45, 2.75) is 26.2 Å². The van der Waals surface area contributed by atoms with Crippen LogP contribution < -0.4 is 10.6 Å². The van der Waals surface area contributed by atoms with E-state index in [2.05, 4.69) is 15.7 Å². The Bertz CT molecular complexity index is 768. The molecule has 0 spiro atoms. The van der Waals surface area contributed by atoms with Crippen molar-refractivity contribution >= 4 is 18.3 Å². The van der Waals surface area contributed by atoms with E-state index in [1.165, 1.54) is 12.1 Å². The van der Waals surface area contributed by atoms with Crippen molar-refractivity contribution in [2.75, 3.05) is 33.4 Å². The van der Waals surface area contributed by atoms with Crippen LogP contribution >= 0.6 is 12.4 Å². The maximum atomic E-state index is 13.2. The van der Waals surface area contributed by atoms with E-state index in [-0.39, 0.29) is 29.5 Å². The summed E-state index contributed by atoms with van der Waals surface area (Å²) in [6, 6.07) is 6.10. The number of piperidine rings is 1. The topological polar surface area (TPSA) is 68.2 Å². The highest BCUT2D eigenvalue weighted by Gasteiger charge is 2.33. The summed E-state index contributed by atoms with van der Waals surface area (Å²) in [5, 5.41) is 10.8. The minimum absolute atomic E-state index is 0. The number of amides is 1. The first-order valence-electron chi connectivity index (χ1n) is 9.39. The quantitative estimate of drug-likeness (QED) is 0.736. The molecule has 154 valence electrons. The molecule has 6 nitrogen and oxygen atoms in total. The van der Waals surface area contributed by atoms with Gasteiger partial charge in [0.15, 0.2) is 0 Å². The molecule has 0 bridgehead atoms. The molecule has 8 heteroatoms. The number of nitrogens with one attached hydrogen (secondary N) is 2. The van der Waals surface area contributed by atoms with Gasteiger partial charge in [0.05, 0.1) is 29.7 Å². The Morgan fingerprint density at radius 1 is 1.32 bits per heavy atom. The number of nitrogens with zero attached hydrogens (tertiary/aromatic N) is 2. The van der Waals surface area contributed by atoms with Gasteiger partial charge in [0.1, 0.15) is 5.82 Å². The zero-order chi connectivity index (χ0) is 19.3. The first kappa shape index (κ1) is 22.3. The van der Waals surface area contributed by atoms with Gasteiger partial charge in [-0.2, -0.15) is 5.10 Å². The second-order valence-electron chi connectivity index (χ2n) is 7.11. The maximum Gasteiger partial charge on any atom is 0.254 e. The lowest BCUT2D eigenvalue weighted by atomic mass is 9.79. The van der Waals surface area contributed by atoms with Gasteiger partial charge in [-0.3, -0.25) is 4.79 Å². The van der Waals surface area contributed by atoms with E-state index in [4.69, 9.17) is 4.74 Å². The summed E-state index contributed by atoms with van der Waals surface area (Å²) in [4.78, 5) is 12.8. The highest BCUT2D eigenvalue weighted by molar-refractivity contribution is 5.95. The number of rotatable bonds is 7. The van der Waals surface area contributed by atoms with Crippen LogP contribution in [0.4, 0.5) is 4.39 Å². The largest absolute Gasteiger partial charge is 0.384 e. The Morgan fingerprint density at radius 3 is 2.61 bits per heavy atom. The number of aromatic nitrogens is 2. The molecule has 3 rings (SSSR count). The Labute approximate surface area is 171 Å². The molecular formula is C20H28ClFN4O2. The Kier molecular flexibility index (Phi) is 7.98. The van der Waals surface area contributed by atoms with E-state index in [1.54, 1.807) is 30.1 Å². The summed E-state index contributed by atoms with van der Waals surface area (Å²) in [5.74, 6) is -0.429. The molecule has 0 aliphatic carbocycles. The first-order chi connectivity index (χ1) is 13.1. The Morgan fingerprint density at radius 2 is 2.00 bits per heavy atom. The fraction of sp³-hybridized carbons (Fsp3) is 0.500. The minimum atomic E-state index is -0.299. The number of methoxy groups -OCH3 is 1. The molecule has 2 aromatic rings. The normalized spacial score (nSPS) is 15.7. The van der Waals surface area contributed by atoms with Crippen LogP contribution in [0.1, 0.15) is 35.8 Å². The van der Waals surface area contributed by atoms with E-state index in [0.29, 0.717) is 25.1 Å². The van der Waals surface area contributed by atoms with Crippen molar-refractivity contribution in [3.63, 3.8) is 0 Å². The van der Waals surface area contributed by atoms with E-state index in [1.807, 2.05) is 6.92 Å². The lowest BCUT2D eigenvalue weighted by Crippen LogP contribution is -2.47. The number of halogens is 2. The predicted molar refractivity (Wildman–Crippen MR) is 109 cm³/mol. The van der Waals surface area contributed by atoms with Gasteiger partial charge in [0, 0.05) is 19.1 Å². The highest BCUT2D eigenvalue weighted by Crippen LogP contribution is 2.28. The first-order valence-corrected chi connectivity index (χ1v) is 9.39. The summed E-state index contributed by atoms with van der Waals surface area (Å²) in [5.41, 5.74) is 2.07. The van der Waals surface area contributed by atoms with Crippen molar-refractivity contribution in [1.29, 1.82) is 0 Å². The molecule has 0 atom stereocenters. The monoisotopic (exact) mass is 410 g/mol. The molecule has 1 aliphatic heterocycles. The second kappa shape index (κ2) is 10.0. The fourth-order valence-corrected chi connectivity index (χ4v) is 3.71. The van der Waals surface area contributed by atoms with Crippen LogP contribution in [0.5, 0.6) is 0 Å². The lowest BCUT2D eigenvalue weighted by molar-refractivity contribution is 0.0511. The van der Waals surface area contributed by atoms with Gasteiger partial charge in [-0.25, -0.2) is 9.07 Å². The molecule has 1 aromatic carbocycles. The van der Waals surface area contributed by atoms with Crippen molar-refractivity contribution < 1.29 is 13.9 Å². The van der Waals surface area contributed by atoms with E-state index in [0.717, 1.165) is 37.3 Å². The van der Waals surface area contributed by atoms with Crippen molar-refractivity contribution in [3.8, 4) is 5.69 Å². The van der Waals surface area contributed by atoms with Gasteiger partial charge in [-0.1, -0.05) is 6.92 Å². The van der Waals surface area contributed by atoms with Crippen LogP contribution in [0, 0.1) is 11.2 Å². The summed E-state index contributed by atoms with van der Waals surface area (Å²) >= 11 is 0.